The first kappa shape index (κ1) is 27.8. The number of nitrogens with zero attached hydrogens (tertiary/aromatic N) is 5. The smallest absolute Gasteiger partial charge is 0.306 e. The molecule has 0 saturated carbocycles. The van der Waals surface area contributed by atoms with Gasteiger partial charge in [0.25, 0.3) is 5.92 Å². The van der Waals surface area contributed by atoms with E-state index in [-0.39, 0.29) is 24.9 Å². The molecular weight excluding hydrogens is 526 g/mol. The third-order valence-electron chi connectivity index (χ3n) is 8.83. The first-order valence-electron chi connectivity index (χ1n) is 14.4. The van der Waals surface area contributed by atoms with Gasteiger partial charge in [0.1, 0.15) is 5.82 Å². The molecule has 2 fully saturated rings. The number of methoxy groups -OCH3 is 1. The zero-order chi connectivity index (χ0) is 28.8. The molecule has 1 atom stereocenters. The molecule has 6 rings (SSSR count). The Morgan fingerprint density at radius 1 is 1.10 bits per heavy atom. The summed E-state index contributed by atoms with van der Waals surface area (Å²) in [7, 11) is 1.38. The minimum absolute atomic E-state index is 0.182. The van der Waals surface area contributed by atoms with E-state index in [9.17, 15) is 4.79 Å². The van der Waals surface area contributed by atoms with Crippen molar-refractivity contribution in [1.82, 2.24) is 24.6 Å². The number of anilines is 1. The number of aromatic nitrogens is 3. The number of aryl methyl sites for hydroxylation is 3. The zero-order valence-electron chi connectivity index (χ0n) is 24.0. The number of pyridine rings is 1. The molecule has 3 aromatic rings. The van der Waals surface area contributed by atoms with Crippen LogP contribution in [0.5, 0.6) is 0 Å². The normalized spacial score (nSPS) is 20.3. The monoisotopic (exact) mass is 564 g/mol. The van der Waals surface area contributed by atoms with Crippen molar-refractivity contribution in [3.8, 4) is 5.69 Å². The topological polar surface area (TPSA) is 75.5 Å². The van der Waals surface area contributed by atoms with Gasteiger partial charge in [0.15, 0.2) is 0 Å². The first-order chi connectivity index (χ1) is 19.6. The minimum Gasteiger partial charge on any atom is -0.469 e. The third kappa shape index (κ3) is 5.47. The summed E-state index contributed by atoms with van der Waals surface area (Å²) in [6, 6.07) is 14.0. The number of alkyl halides is 2. The van der Waals surface area contributed by atoms with Crippen molar-refractivity contribution >= 4 is 11.8 Å². The molecule has 8 nitrogen and oxygen atoms in total. The number of nitrogens with one attached hydrogen (secondary N) is 1. The second kappa shape index (κ2) is 10.8. The molecular formula is C31H38F2N6O2. The zero-order valence-corrected chi connectivity index (χ0v) is 24.0. The van der Waals surface area contributed by atoms with Gasteiger partial charge in [-0.2, -0.15) is 5.10 Å². The van der Waals surface area contributed by atoms with Gasteiger partial charge < -0.3 is 15.0 Å². The summed E-state index contributed by atoms with van der Waals surface area (Å²) in [6.07, 6.45) is 2.27. The number of esters is 1. The van der Waals surface area contributed by atoms with Crippen LogP contribution in [0.15, 0.2) is 42.5 Å². The molecule has 41 heavy (non-hydrogen) atoms. The Hall–Kier alpha value is -3.37. The van der Waals surface area contributed by atoms with Crippen molar-refractivity contribution in [3.05, 3.63) is 70.7 Å². The van der Waals surface area contributed by atoms with Gasteiger partial charge in [-0.3, -0.25) is 9.69 Å². The first-order valence-corrected chi connectivity index (χ1v) is 14.4. The molecule has 0 unspecified atom stereocenters. The van der Waals surface area contributed by atoms with E-state index in [4.69, 9.17) is 9.72 Å². The van der Waals surface area contributed by atoms with Gasteiger partial charge in [-0.15, -0.1) is 0 Å². The van der Waals surface area contributed by atoms with Gasteiger partial charge in [0.2, 0.25) is 0 Å². The Bertz CT molecular complexity index is 1430. The van der Waals surface area contributed by atoms with E-state index in [0.717, 1.165) is 53.5 Å². The minimum atomic E-state index is -2.79. The van der Waals surface area contributed by atoms with Crippen molar-refractivity contribution < 1.29 is 18.3 Å². The number of ether oxygens (including phenoxy) is 1. The number of hydrogen-bond acceptors (Lipinski definition) is 7. The van der Waals surface area contributed by atoms with E-state index in [1.807, 2.05) is 59.8 Å². The standard InChI is InChI=1S/C31H38F2N6O2/c1-21-12-22(2)39(36-21)27-8-4-6-24(13-27)25(14-28(40)41-3)15-37-17-30(18-37)19-38(20-31(30,32)33)16-26-10-9-23-7-5-11-34-29(23)35-26/h4,6,8-10,12-13,25H,5,7,11,14-20H2,1-3H3,(H,34,35)/t25-/m1/s1. The lowest BCUT2D eigenvalue weighted by atomic mass is 9.75. The summed E-state index contributed by atoms with van der Waals surface area (Å²) in [5.41, 5.74) is 4.75. The predicted octanol–water partition coefficient (Wildman–Crippen LogP) is 4.34. The lowest BCUT2D eigenvalue weighted by Crippen LogP contribution is -2.65. The van der Waals surface area contributed by atoms with Crippen molar-refractivity contribution in [2.75, 3.05) is 51.7 Å². The Morgan fingerprint density at radius 2 is 1.90 bits per heavy atom. The molecule has 218 valence electrons. The number of carbonyl (C=O) groups is 1. The summed E-state index contributed by atoms with van der Waals surface area (Å²) in [5.74, 6) is -2.40. The van der Waals surface area contributed by atoms with Crippen LogP contribution in [-0.4, -0.2) is 82.8 Å². The van der Waals surface area contributed by atoms with E-state index >= 15 is 8.78 Å². The van der Waals surface area contributed by atoms with Crippen molar-refractivity contribution in [2.24, 2.45) is 5.41 Å². The third-order valence-corrected chi connectivity index (χ3v) is 8.83. The van der Waals surface area contributed by atoms with Crippen LogP contribution in [-0.2, 0) is 22.5 Å². The number of fused-ring (bicyclic) bond motifs is 1. The van der Waals surface area contributed by atoms with Gasteiger partial charge in [0.05, 0.1) is 42.6 Å². The molecule has 1 aromatic carbocycles. The maximum Gasteiger partial charge on any atom is 0.306 e. The van der Waals surface area contributed by atoms with E-state index in [0.29, 0.717) is 32.7 Å². The maximum absolute atomic E-state index is 15.5. The van der Waals surface area contributed by atoms with Gasteiger partial charge in [-0.1, -0.05) is 18.2 Å². The van der Waals surface area contributed by atoms with Crippen LogP contribution >= 0.6 is 0 Å². The molecule has 5 heterocycles. The van der Waals surface area contributed by atoms with Gasteiger partial charge in [-0.05, 0) is 62.1 Å². The van der Waals surface area contributed by atoms with Crippen molar-refractivity contribution in [2.45, 2.75) is 51.5 Å². The van der Waals surface area contributed by atoms with Crippen LogP contribution in [0.25, 0.3) is 5.69 Å². The summed E-state index contributed by atoms with van der Waals surface area (Å²) in [4.78, 5) is 21.0. The van der Waals surface area contributed by atoms with Crippen LogP contribution in [0.4, 0.5) is 14.6 Å². The molecule has 2 aromatic heterocycles. The number of rotatable bonds is 8. The van der Waals surface area contributed by atoms with Crippen LogP contribution in [0.3, 0.4) is 0 Å². The lowest BCUT2D eigenvalue weighted by Gasteiger charge is -2.51. The average molecular weight is 565 g/mol. The Labute approximate surface area is 239 Å². The number of halogens is 2. The molecule has 2 saturated heterocycles. The fourth-order valence-corrected chi connectivity index (χ4v) is 6.80. The van der Waals surface area contributed by atoms with Crippen LogP contribution in [0.2, 0.25) is 0 Å². The molecule has 0 amide bonds. The van der Waals surface area contributed by atoms with Crippen LogP contribution in [0, 0.1) is 19.3 Å². The molecule has 0 radical (unpaired) electrons. The SMILES string of the molecule is COC(=O)C[C@H](CN1CC2(CN(Cc3ccc4c(n3)NCCC4)CC2(F)F)C1)c1cccc(-n2nc(C)cc2C)c1. The largest absolute Gasteiger partial charge is 0.469 e. The Balaban J connectivity index is 1.14. The fourth-order valence-electron chi connectivity index (χ4n) is 6.80. The molecule has 10 heteroatoms. The Kier molecular flexibility index (Phi) is 7.32. The predicted molar refractivity (Wildman–Crippen MR) is 153 cm³/mol. The van der Waals surface area contributed by atoms with E-state index in [2.05, 4.69) is 21.4 Å². The summed E-state index contributed by atoms with van der Waals surface area (Å²) >= 11 is 0. The van der Waals surface area contributed by atoms with Crippen LogP contribution < -0.4 is 5.32 Å². The number of hydrogen-bond donors (Lipinski definition) is 1. The second-order valence-corrected chi connectivity index (χ2v) is 12.1. The van der Waals surface area contributed by atoms with Gasteiger partial charge >= 0.3 is 5.97 Å². The van der Waals surface area contributed by atoms with Crippen molar-refractivity contribution in [3.63, 3.8) is 0 Å². The van der Waals surface area contributed by atoms with E-state index < -0.39 is 11.3 Å². The van der Waals surface area contributed by atoms with Crippen molar-refractivity contribution in [1.29, 1.82) is 0 Å². The highest BCUT2D eigenvalue weighted by Gasteiger charge is 2.65. The van der Waals surface area contributed by atoms with Gasteiger partial charge in [-0.25, -0.2) is 18.4 Å². The summed E-state index contributed by atoms with van der Waals surface area (Å²) < 4.78 is 37.8. The summed E-state index contributed by atoms with van der Waals surface area (Å²) in [5, 5.41) is 7.92. The average Bonchev–Trinajstić information content (AvgIpc) is 3.41. The molecule has 3 aliphatic rings. The van der Waals surface area contributed by atoms with Crippen LogP contribution in [0.1, 0.15) is 47.0 Å². The molecule has 1 N–H and O–H groups in total. The highest BCUT2D eigenvalue weighted by Crippen LogP contribution is 2.50. The van der Waals surface area contributed by atoms with Gasteiger partial charge in [0, 0.05) is 50.9 Å². The number of benzene rings is 1. The molecule has 3 aliphatic heterocycles. The summed E-state index contributed by atoms with van der Waals surface area (Å²) in [6.45, 7) is 6.43. The number of likely N-dealkylation sites (tertiary alicyclic amines) is 2. The maximum atomic E-state index is 15.5. The fraction of sp³-hybridized carbons (Fsp3) is 0.516. The Morgan fingerprint density at radius 3 is 2.66 bits per heavy atom. The quantitative estimate of drug-likeness (QED) is 0.408. The van der Waals surface area contributed by atoms with E-state index in [1.54, 1.807) is 0 Å². The lowest BCUT2D eigenvalue weighted by molar-refractivity contribution is -0.158. The molecule has 0 aliphatic carbocycles. The highest BCUT2D eigenvalue weighted by molar-refractivity contribution is 5.70. The molecule has 1 spiro atoms. The highest BCUT2D eigenvalue weighted by atomic mass is 19.3. The second-order valence-electron chi connectivity index (χ2n) is 12.1. The number of carbonyl (C=O) groups excluding carboxylic acids is 1. The molecule has 0 bridgehead atoms. The van der Waals surface area contributed by atoms with E-state index in [1.165, 1.54) is 12.7 Å².